The lowest BCUT2D eigenvalue weighted by Gasteiger charge is -2.08. The smallest absolute Gasteiger partial charge is 0.164 e. The number of nitrogen functional groups attached to an aromatic ring is 1. The molecule has 0 radical (unpaired) electrons. The molecule has 0 spiro atoms. The van der Waals surface area contributed by atoms with Gasteiger partial charge < -0.3 is 10.5 Å². The number of rotatable bonds is 3. The lowest BCUT2D eigenvalue weighted by molar-refractivity contribution is 0.291. The zero-order chi connectivity index (χ0) is 11.5. The van der Waals surface area contributed by atoms with Gasteiger partial charge in [0.05, 0.1) is 5.69 Å². The fourth-order valence-electron chi connectivity index (χ4n) is 1.24. The van der Waals surface area contributed by atoms with E-state index >= 15 is 0 Å². The second kappa shape index (κ2) is 4.40. The predicted octanol–water partition coefficient (Wildman–Crippen LogP) is 1.63. The third-order valence-electron chi connectivity index (χ3n) is 2.13. The van der Waals surface area contributed by atoms with Gasteiger partial charge in [-0.15, -0.1) is 0 Å². The van der Waals surface area contributed by atoms with E-state index in [9.17, 15) is 0 Å². The van der Waals surface area contributed by atoms with Crippen molar-refractivity contribution in [2.24, 2.45) is 7.05 Å². The standard InChI is InChI=1S/C10H11ClN4O/c1-15-10(13-6-14-15)5-16-9-3-2-7(11)4-8(9)12/h2-4,6H,5,12H2,1H3. The largest absolute Gasteiger partial charge is 0.483 e. The Morgan fingerprint density at radius 3 is 2.94 bits per heavy atom. The molecule has 0 atom stereocenters. The number of hydrogen-bond donors (Lipinski definition) is 1. The van der Waals surface area contributed by atoms with E-state index < -0.39 is 0 Å². The Bertz CT molecular complexity index is 497. The number of halogens is 1. The van der Waals surface area contributed by atoms with E-state index in [1.807, 2.05) is 0 Å². The van der Waals surface area contributed by atoms with Crippen molar-refractivity contribution in [2.45, 2.75) is 6.61 Å². The number of nitrogens with zero attached hydrogens (tertiary/aromatic N) is 3. The molecule has 0 amide bonds. The van der Waals surface area contributed by atoms with Crippen molar-refractivity contribution < 1.29 is 4.74 Å². The van der Waals surface area contributed by atoms with Crippen LogP contribution >= 0.6 is 11.6 Å². The van der Waals surface area contributed by atoms with Crippen LogP contribution in [0.1, 0.15) is 5.82 Å². The van der Waals surface area contributed by atoms with Crippen LogP contribution in [0.5, 0.6) is 5.75 Å². The summed E-state index contributed by atoms with van der Waals surface area (Å²) in [5.74, 6) is 1.32. The molecule has 2 aromatic rings. The quantitative estimate of drug-likeness (QED) is 0.826. The molecule has 1 aromatic carbocycles. The Kier molecular flexibility index (Phi) is 2.96. The molecule has 0 bridgehead atoms. The van der Waals surface area contributed by atoms with Crippen molar-refractivity contribution in [1.82, 2.24) is 14.8 Å². The van der Waals surface area contributed by atoms with E-state index in [4.69, 9.17) is 22.1 Å². The van der Waals surface area contributed by atoms with E-state index in [1.165, 1.54) is 6.33 Å². The fourth-order valence-corrected chi connectivity index (χ4v) is 1.42. The third-order valence-corrected chi connectivity index (χ3v) is 2.37. The minimum Gasteiger partial charge on any atom is -0.483 e. The number of nitrogens with two attached hydrogens (primary N) is 1. The fraction of sp³-hybridized carbons (Fsp3) is 0.200. The van der Waals surface area contributed by atoms with Crippen LogP contribution in [-0.2, 0) is 13.7 Å². The minimum atomic E-state index is 0.322. The van der Waals surface area contributed by atoms with Gasteiger partial charge in [-0.2, -0.15) is 5.10 Å². The molecule has 0 aliphatic carbocycles. The van der Waals surface area contributed by atoms with Crippen LogP contribution in [0.3, 0.4) is 0 Å². The maximum atomic E-state index is 5.78. The Morgan fingerprint density at radius 2 is 2.31 bits per heavy atom. The highest BCUT2D eigenvalue weighted by molar-refractivity contribution is 6.30. The molecule has 0 saturated heterocycles. The summed E-state index contributed by atoms with van der Waals surface area (Å²) in [5.41, 5.74) is 6.26. The topological polar surface area (TPSA) is 66.0 Å². The molecule has 1 heterocycles. The van der Waals surface area contributed by atoms with E-state index in [0.717, 1.165) is 5.82 Å². The molecular formula is C10H11ClN4O. The molecule has 0 aliphatic heterocycles. The Morgan fingerprint density at radius 1 is 1.50 bits per heavy atom. The van der Waals surface area contributed by atoms with Crippen molar-refractivity contribution in [1.29, 1.82) is 0 Å². The van der Waals surface area contributed by atoms with Gasteiger partial charge in [0.25, 0.3) is 0 Å². The molecule has 5 nitrogen and oxygen atoms in total. The Balaban J connectivity index is 2.08. The van der Waals surface area contributed by atoms with Crippen LogP contribution in [0.4, 0.5) is 5.69 Å². The molecule has 2 N–H and O–H groups in total. The molecule has 0 saturated carbocycles. The van der Waals surface area contributed by atoms with Gasteiger partial charge >= 0.3 is 0 Å². The van der Waals surface area contributed by atoms with E-state index in [0.29, 0.717) is 23.1 Å². The predicted molar refractivity (Wildman–Crippen MR) is 61.2 cm³/mol. The van der Waals surface area contributed by atoms with Gasteiger partial charge in [-0.3, -0.25) is 4.68 Å². The lowest BCUT2D eigenvalue weighted by Crippen LogP contribution is -2.05. The zero-order valence-electron chi connectivity index (χ0n) is 8.72. The van der Waals surface area contributed by atoms with Crippen molar-refractivity contribution in [3.8, 4) is 5.75 Å². The first-order valence-electron chi connectivity index (χ1n) is 4.67. The first-order valence-corrected chi connectivity index (χ1v) is 5.05. The van der Waals surface area contributed by atoms with Crippen LogP contribution in [-0.4, -0.2) is 14.8 Å². The normalized spacial score (nSPS) is 10.4. The van der Waals surface area contributed by atoms with Gasteiger partial charge in [-0.1, -0.05) is 11.6 Å². The molecule has 0 unspecified atom stereocenters. The molecular weight excluding hydrogens is 228 g/mol. The highest BCUT2D eigenvalue weighted by atomic mass is 35.5. The number of hydrogen-bond acceptors (Lipinski definition) is 4. The highest BCUT2D eigenvalue weighted by Gasteiger charge is 2.04. The summed E-state index contributed by atoms with van der Waals surface area (Å²) in [4.78, 5) is 4.04. The van der Waals surface area contributed by atoms with Gasteiger partial charge in [0.2, 0.25) is 0 Å². The maximum Gasteiger partial charge on any atom is 0.164 e. The van der Waals surface area contributed by atoms with Crippen LogP contribution in [0.2, 0.25) is 5.02 Å². The highest BCUT2D eigenvalue weighted by Crippen LogP contribution is 2.25. The second-order valence-electron chi connectivity index (χ2n) is 3.27. The SMILES string of the molecule is Cn1ncnc1COc1ccc(Cl)cc1N. The molecule has 0 aliphatic rings. The maximum absolute atomic E-state index is 5.78. The van der Waals surface area contributed by atoms with Crippen molar-refractivity contribution in [2.75, 3.05) is 5.73 Å². The lowest BCUT2D eigenvalue weighted by atomic mass is 10.3. The van der Waals surface area contributed by atoms with E-state index in [-0.39, 0.29) is 0 Å². The Labute approximate surface area is 97.8 Å². The Hall–Kier alpha value is -1.75. The summed E-state index contributed by atoms with van der Waals surface area (Å²) in [6, 6.07) is 5.10. The molecule has 84 valence electrons. The first kappa shape index (κ1) is 10.8. The van der Waals surface area contributed by atoms with Gasteiger partial charge in [0, 0.05) is 12.1 Å². The summed E-state index contributed by atoms with van der Waals surface area (Å²) in [6.07, 6.45) is 1.48. The molecule has 2 rings (SSSR count). The van der Waals surface area contributed by atoms with Crippen molar-refractivity contribution >= 4 is 17.3 Å². The van der Waals surface area contributed by atoms with Gasteiger partial charge in [0.15, 0.2) is 5.82 Å². The molecule has 0 fully saturated rings. The minimum absolute atomic E-state index is 0.322. The number of anilines is 1. The van der Waals surface area contributed by atoms with Gasteiger partial charge in [0.1, 0.15) is 18.7 Å². The van der Waals surface area contributed by atoms with Crippen molar-refractivity contribution in [3.05, 3.63) is 35.4 Å². The van der Waals surface area contributed by atoms with E-state index in [2.05, 4.69) is 10.1 Å². The van der Waals surface area contributed by atoms with Crippen LogP contribution in [0.15, 0.2) is 24.5 Å². The van der Waals surface area contributed by atoms with Gasteiger partial charge in [-0.05, 0) is 18.2 Å². The monoisotopic (exact) mass is 238 g/mol. The summed E-state index contributed by atoms with van der Waals surface area (Å²) in [7, 11) is 1.80. The van der Waals surface area contributed by atoms with Gasteiger partial charge in [-0.25, -0.2) is 4.98 Å². The average Bonchev–Trinajstić information content (AvgIpc) is 2.63. The summed E-state index contributed by atoms with van der Waals surface area (Å²) < 4.78 is 7.15. The number of aromatic nitrogens is 3. The summed E-state index contributed by atoms with van der Waals surface area (Å²) in [6.45, 7) is 0.322. The van der Waals surface area contributed by atoms with Crippen LogP contribution < -0.4 is 10.5 Å². The third kappa shape index (κ3) is 2.25. The molecule has 16 heavy (non-hydrogen) atoms. The first-order chi connectivity index (χ1) is 7.66. The average molecular weight is 239 g/mol. The number of ether oxygens (including phenoxy) is 1. The van der Waals surface area contributed by atoms with E-state index in [1.54, 1.807) is 29.9 Å². The summed E-state index contributed by atoms with van der Waals surface area (Å²) in [5, 5.41) is 4.53. The molecule has 1 aromatic heterocycles. The molecule has 6 heteroatoms. The number of benzene rings is 1. The zero-order valence-corrected chi connectivity index (χ0v) is 9.48. The second-order valence-corrected chi connectivity index (χ2v) is 3.71. The van der Waals surface area contributed by atoms with Crippen LogP contribution in [0.25, 0.3) is 0 Å². The van der Waals surface area contributed by atoms with Crippen LogP contribution in [0, 0.1) is 0 Å². The number of aryl methyl sites for hydroxylation is 1. The summed E-state index contributed by atoms with van der Waals surface area (Å²) >= 11 is 5.78. The van der Waals surface area contributed by atoms with Crippen molar-refractivity contribution in [3.63, 3.8) is 0 Å².